The molecule has 0 amide bonds. The highest BCUT2D eigenvalue weighted by Gasteiger charge is 2.32. The van der Waals surface area contributed by atoms with Crippen molar-refractivity contribution in [2.75, 3.05) is 13.2 Å². The molecule has 1 aromatic carbocycles. The summed E-state index contributed by atoms with van der Waals surface area (Å²) in [6, 6.07) is 7.23. The molecule has 0 spiro atoms. The van der Waals surface area contributed by atoms with Crippen molar-refractivity contribution < 1.29 is 38.9 Å². The van der Waals surface area contributed by atoms with Crippen molar-refractivity contribution in [1.82, 2.24) is 0 Å². The molecule has 2 N–H and O–H groups in total. The molecule has 0 aliphatic carbocycles. The minimum Gasteiger partial charge on any atom is -0.481 e. The third kappa shape index (κ3) is 8.50. The zero-order valence-corrected chi connectivity index (χ0v) is 14.4. The Hall–Kier alpha value is -2.90. The predicted molar refractivity (Wildman–Crippen MR) is 87.1 cm³/mol. The van der Waals surface area contributed by atoms with E-state index in [2.05, 4.69) is 0 Å². The lowest BCUT2D eigenvalue weighted by atomic mass is 9.95. The van der Waals surface area contributed by atoms with Gasteiger partial charge in [-0.05, 0) is 31.9 Å². The topological polar surface area (TPSA) is 127 Å². The minimum atomic E-state index is -1.31. The monoisotopic (exact) mass is 354 g/mol. The highest BCUT2D eigenvalue weighted by molar-refractivity contribution is 6.01. The van der Waals surface area contributed by atoms with E-state index in [-0.39, 0.29) is 13.2 Å². The molecule has 1 rings (SSSR count). The van der Waals surface area contributed by atoms with Crippen molar-refractivity contribution in [1.29, 1.82) is 0 Å². The molecule has 0 aromatic heterocycles. The van der Waals surface area contributed by atoms with Crippen LogP contribution in [0.2, 0.25) is 0 Å². The number of carboxylic acid groups (broad SMARTS) is 2. The highest BCUT2D eigenvalue weighted by Crippen LogP contribution is 2.22. The van der Waals surface area contributed by atoms with Crippen molar-refractivity contribution in [3.8, 4) is 0 Å². The van der Waals surface area contributed by atoms with Crippen LogP contribution >= 0.6 is 0 Å². The maximum absolute atomic E-state index is 11.9. The van der Waals surface area contributed by atoms with Crippen LogP contribution in [0.25, 0.3) is 0 Å². The Bertz CT molecular complexity index is 578. The number of rotatable bonds is 7. The van der Waals surface area contributed by atoms with E-state index in [1.165, 1.54) is 0 Å². The Morgan fingerprint density at radius 1 is 0.920 bits per heavy atom. The maximum atomic E-state index is 11.9. The lowest BCUT2D eigenvalue weighted by Gasteiger charge is -2.16. The Morgan fingerprint density at radius 3 is 1.68 bits per heavy atom. The van der Waals surface area contributed by atoms with Gasteiger partial charge in [-0.2, -0.15) is 0 Å². The molecule has 0 heterocycles. The van der Waals surface area contributed by atoms with Crippen LogP contribution in [-0.2, 0) is 28.7 Å². The predicted octanol–water partition coefficient (Wildman–Crippen LogP) is 1.75. The molecule has 8 heteroatoms. The van der Waals surface area contributed by atoms with E-state index < -0.39 is 36.2 Å². The Kier molecular flexibility index (Phi) is 10.3. The van der Waals surface area contributed by atoms with Crippen LogP contribution in [0.15, 0.2) is 24.3 Å². The average Bonchev–Trinajstić information content (AvgIpc) is 2.49. The molecule has 0 saturated carbocycles. The van der Waals surface area contributed by atoms with Crippen molar-refractivity contribution in [3.05, 3.63) is 35.4 Å². The molecule has 0 aliphatic heterocycles. The van der Waals surface area contributed by atoms with Crippen molar-refractivity contribution in [2.24, 2.45) is 0 Å². The summed E-state index contributed by atoms with van der Waals surface area (Å²) < 4.78 is 9.88. The summed E-state index contributed by atoms with van der Waals surface area (Å²) in [5.41, 5.74) is 1.50. The van der Waals surface area contributed by atoms with Gasteiger partial charge in [-0.3, -0.25) is 19.2 Å². The van der Waals surface area contributed by atoms with Gasteiger partial charge in [0.2, 0.25) is 0 Å². The Morgan fingerprint density at radius 2 is 1.36 bits per heavy atom. The molecule has 0 unspecified atom stereocenters. The van der Waals surface area contributed by atoms with E-state index in [0.717, 1.165) is 5.56 Å². The second-order valence-corrected chi connectivity index (χ2v) is 4.76. The number of carbonyl (C=O) groups is 4. The molecule has 0 bridgehead atoms. The smallest absolute Gasteiger partial charge is 0.324 e. The van der Waals surface area contributed by atoms with E-state index in [4.69, 9.17) is 19.7 Å². The number of hydrogen-bond acceptors (Lipinski definition) is 6. The van der Waals surface area contributed by atoms with E-state index in [1.807, 2.05) is 19.1 Å². The first-order valence-electron chi connectivity index (χ1n) is 7.56. The first-order valence-corrected chi connectivity index (χ1v) is 7.56. The molecular weight excluding hydrogens is 332 g/mol. The summed E-state index contributed by atoms with van der Waals surface area (Å²) in [7, 11) is 0. The quantitative estimate of drug-likeness (QED) is 0.560. The van der Waals surface area contributed by atoms with Gasteiger partial charge in [0.05, 0.1) is 13.2 Å². The number of carbonyl (C=O) groups excluding carboxylic acids is 2. The summed E-state index contributed by atoms with van der Waals surface area (Å²) >= 11 is 0. The van der Waals surface area contributed by atoms with Gasteiger partial charge in [-0.15, -0.1) is 0 Å². The molecule has 8 nitrogen and oxygen atoms in total. The van der Waals surface area contributed by atoms with Gasteiger partial charge < -0.3 is 19.7 Å². The number of carboxylic acids is 2. The minimum absolute atomic E-state index is 0.237. The van der Waals surface area contributed by atoms with E-state index in [9.17, 15) is 19.2 Å². The SMILES string of the molecule is CCOC(=O)C(C(=O)OCC)c1ccccc1C.O=C(O)CC(=O)O. The molecule has 0 saturated heterocycles. The number of aliphatic carboxylic acids is 2. The fourth-order valence-electron chi connectivity index (χ4n) is 1.84. The lowest BCUT2D eigenvalue weighted by Crippen LogP contribution is -2.26. The van der Waals surface area contributed by atoms with Crippen LogP contribution in [0.4, 0.5) is 0 Å². The number of benzene rings is 1. The highest BCUT2D eigenvalue weighted by atomic mass is 16.6. The molecule has 0 radical (unpaired) electrons. The van der Waals surface area contributed by atoms with Crippen LogP contribution in [-0.4, -0.2) is 47.3 Å². The van der Waals surface area contributed by atoms with Gasteiger partial charge >= 0.3 is 23.9 Å². The maximum Gasteiger partial charge on any atom is 0.324 e. The summed E-state index contributed by atoms with van der Waals surface area (Å²) in [5, 5.41) is 15.4. The van der Waals surface area contributed by atoms with E-state index >= 15 is 0 Å². The zero-order chi connectivity index (χ0) is 19.4. The molecule has 0 aliphatic rings. The van der Waals surface area contributed by atoms with Crippen LogP contribution < -0.4 is 0 Å². The molecule has 1 aromatic rings. The van der Waals surface area contributed by atoms with Crippen molar-refractivity contribution >= 4 is 23.9 Å². The van der Waals surface area contributed by atoms with Crippen molar-refractivity contribution in [2.45, 2.75) is 33.1 Å². The van der Waals surface area contributed by atoms with Crippen LogP contribution in [0.5, 0.6) is 0 Å². The molecular formula is C17H22O8. The zero-order valence-electron chi connectivity index (χ0n) is 14.4. The first-order chi connectivity index (χ1) is 11.7. The Balaban J connectivity index is 0.000000697. The Labute approximate surface area is 145 Å². The van der Waals surface area contributed by atoms with Crippen LogP contribution in [0.3, 0.4) is 0 Å². The number of aryl methyl sites for hydroxylation is 1. The first kappa shape index (κ1) is 22.1. The summed E-state index contributed by atoms with van der Waals surface area (Å²) in [6.07, 6.45) is -0.806. The third-order valence-corrected chi connectivity index (χ3v) is 2.85. The summed E-state index contributed by atoms with van der Waals surface area (Å²) in [6.45, 7) is 5.73. The van der Waals surface area contributed by atoms with Crippen LogP contribution in [0.1, 0.15) is 37.3 Å². The fourth-order valence-corrected chi connectivity index (χ4v) is 1.84. The van der Waals surface area contributed by atoms with E-state index in [1.54, 1.807) is 26.0 Å². The van der Waals surface area contributed by atoms with Gasteiger partial charge in [-0.25, -0.2) is 0 Å². The number of ether oxygens (including phenoxy) is 2. The number of hydrogen-bond donors (Lipinski definition) is 2. The van der Waals surface area contributed by atoms with Gasteiger partial charge in [0.15, 0.2) is 5.92 Å². The molecule has 25 heavy (non-hydrogen) atoms. The largest absolute Gasteiger partial charge is 0.481 e. The standard InChI is InChI=1S/C14H18O4.C3H4O4/c1-4-17-13(15)12(14(16)18-5-2)11-9-7-6-8-10(11)3;4-2(5)1-3(6)7/h6-9,12H,4-5H2,1-3H3;1H2,(H,4,5)(H,6,7). The average molecular weight is 354 g/mol. The fraction of sp³-hybridized carbons (Fsp3) is 0.412. The van der Waals surface area contributed by atoms with Gasteiger partial charge in [-0.1, -0.05) is 24.3 Å². The lowest BCUT2D eigenvalue weighted by molar-refractivity contribution is -0.157. The second-order valence-electron chi connectivity index (χ2n) is 4.76. The third-order valence-electron chi connectivity index (χ3n) is 2.85. The second kappa shape index (κ2) is 11.6. The van der Waals surface area contributed by atoms with Gasteiger partial charge in [0, 0.05) is 0 Å². The van der Waals surface area contributed by atoms with E-state index in [0.29, 0.717) is 5.56 Å². The van der Waals surface area contributed by atoms with Crippen molar-refractivity contribution in [3.63, 3.8) is 0 Å². The normalized spacial score (nSPS) is 9.60. The van der Waals surface area contributed by atoms with Gasteiger partial charge in [0.25, 0.3) is 0 Å². The summed E-state index contributed by atoms with van der Waals surface area (Å²) in [4.78, 5) is 42.6. The molecule has 0 atom stereocenters. The summed E-state index contributed by atoms with van der Waals surface area (Å²) in [5.74, 6) is -4.75. The van der Waals surface area contributed by atoms with Crippen LogP contribution in [0, 0.1) is 6.92 Å². The van der Waals surface area contributed by atoms with Gasteiger partial charge in [0.1, 0.15) is 6.42 Å². The molecule has 138 valence electrons. The number of esters is 2. The molecule has 0 fully saturated rings.